The molecule has 6 heteroatoms. The maximum atomic E-state index is 11.3. The van der Waals surface area contributed by atoms with Gasteiger partial charge in [0.25, 0.3) is 0 Å². The summed E-state index contributed by atoms with van der Waals surface area (Å²) in [5, 5.41) is 6.52. The maximum absolute atomic E-state index is 11.3. The number of fused-ring (bicyclic) bond motifs is 1. The molecule has 5 nitrogen and oxygen atoms in total. The molecular weight excluding hydrogens is 248 g/mol. The average molecular weight is 260 g/mol. The second-order valence-corrected chi connectivity index (χ2v) is 4.53. The predicted octanol–water partition coefficient (Wildman–Crippen LogP) is 0.988. The number of nitrogens with one attached hydrogen (secondary N) is 2. The fraction of sp³-hybridized carbons (Fsp3) is 0.167. The van der Waals surface area contributed by atoms with Crippen LogP contribution in [0.2, 0.25) is 0 Å². The molecule has 0 aliphatic rings. The van der Waals surface area contributed by atoms with Gasteiger partial charge >= 0.3 is 6.03 Å². The van der Waals surface area contributed by atoms with E-state index in [1.54, 1.807) is 0 Å². The van der Waals surface area contributed by atoms with Crippen LogP contribution in [0.4, 0.5) is 4.79 Å². The first kappa shape index (κ1) is 12.2. The Morgan fingerprint density at radius 1 is 1.56 bits per heavy atom. The lowest BCUT2D eigenvalue weighted by atomic mass is 10.3. The quantitative estimate of drug-likeness (QED) is 0.614. The Balaban J connectivity index is 2.23. The molecule has 0 bridgehead atoms. The van der Waals surface area contributed by atoms with Crippen LogP contribution in [0.5, 0.6) is 0 Å². The van der Waals surface area contributed by atoms with Gasteiger partial charge in [0.2, 0.25) is 4.80 Å². The normalized spacial score (nSPS) is 11.2. The number of rotatable bonds is 2. The Kier molecular flexibility index (Phi) is 3.65. The molecule has 1 aromatic heterocycles. The molecular formula is C12H12N4OS. The number of aryl methyl sites for hydroxylation is 1. The number of amides is 2. The molecule has 1 aromatic carbocycles. The Morgan fingerprint density at radius 2 is 2.33 bits per heavy atom. The Morgan fingerprint density at radius 3 is 3.06 bits per heavy atom. The Bertz CT molecular complexity index is 677. The van der Waals surface area contributed by atoms with Gasteiger partial charge in [-0.1, -0.05) is 29.4 Å². The summed E-state index contributed by atoms with van der Waals surface area (Å²) in [6, 6.07) is 7.54. The van der Waals surface area contributed by atoms with E-state index in [1.165, 1.54) is 11.3 Å². The highest BCUT2D eigenvalue weighted by Gasteiger charge is 2.01. The van der Waals surface area contributed by atoms with Gasteiger partial charge in [-0.2, -0.15) is 0 Å². The fourth-order valence-electron chi connectivity index (χ4n) is 1.46. The van der Waals surface area contributed by atoms with E-state index in [0.29, 0.717) is 4.80 Å². The van der Waals surface area contributed by atoms with E-state index in [0.717, 1.165) is 10.2 Å². The van der Waals surface area contributed by atoms with Gasteiger partial charge in [-0.25, -0.2) is 10.2 Å². The van der Waals surface area contributed by atoms with E-state index in [-0.39, 0.29) is 6.54 Å². The first-order chi connectivity index (χ1) is 8.72. The van der Waals surface area contributed by atoms with E-state index in [4.69, 9.17) is 6.42 Å². The van der Waals surface area contributed by atoms with Crippen LogP contribution in [0.3, 0.4) is 0 Å². The molecule has 0 aliphatic carbocycles. The SMILES string of the molecule is C#CCNC(=O)N/N=c1/sc2ccccc2n1C. The lowest BCUT2D eigenvalue weighted by molar-refractivity contribution is 0.242. The molecule has 0 spiro atoms. The highest BCUT2D eigenvalue weighted by Crippen LogP contribution is 2.14. The summed E-state index contributed by atoms with van der Waals surface area (Å²) < 4.78 is 3.03. The minimum atomic E-state index is -0.412. The molecule has 2 aromatic rings. The van der Waals surface area contributed by atoms with Gasteiger partial charge in [0, 0.05) is 7.05 Å². The second-order valence-electron chi connectivity index (χ2n) is 3.52. The smallest absolute Gasteiger partial charge is 0.326 e. The largest absolute Gasteiger partial charge is 0.336 e. The third-order valence-corrected chi connectivity index (χ3v) is 3.43. The zero-order chi connectivity index (χ0) is 13.0. The average Bonchev–Trinajstić information content (AvgIpc) is 2.71. The van der Waals surface area contributed by atoms with Crippen molar-refractivity contribution >= 4 is 27.6 Å². The van der Waals surface area contributed by atoms with Crippen LogP contribution in [0.25, 0.3) is 10.2 Å². The number of thiazole rings is 1. The van der Waals surface area contributed by atoms with Gasteiger partial charge < -0.3 is 9.88 Å². The molecule has 2 rings (SSSR count). The van der Waals surface area contributed by atoms with E-state index < -0.39 is 6.03 Å². The molecule has 0 atom stereocenters. The minimum Gasteiger partial charge on any atom is -0.326 e. The molecule has 0 saturated carbocycles. The Hall–Kier alpha value is -2.26. The fourth-order valence-corrected chi connectivity index (χ4v) is 2.44. The van der Waals surface area contributed by atoms with Crippen molar-refractivity contribution in [1.82, 2.24) is 15.3 Å². The van der Waals surface area contributed by atoms with Crippen molar-refractivity contribution in [2.45, 2.75) is 0 Å². The van der Waals surface area contributed by atoms with Crippen molar-refractivity contribution in [2.75, 3.05) is 6.54 Å². The summed E-state index contributed by atoms with van der Waals surface area (Å²) in [7, 11) is 1.90. The van der Waals surface area contributed by atoms with E-state index >= 15 is 0 Å². The van der Waals surface area contributed by atoms with Crippen LogP contribution in [-0.2, 0) is 7.05 Å². The van der Waals surface area contributed by atoms with Crippen LogP contribution in [0.15, 0.2) is 29.4 Å². The third-order valence-electron chi connectivity index (χ3n) is 2.32. The van der Waals surface area contributed by atoms with Crippen LogP contribution in [0, 0.1) is 12.3 Å². The molecule has 2 amide bonds. The third kappa shape index (κ3) is 2.52. The highest BCUT2D eigenvalue weighted by molar-refractivity contribution is 7.16. The summed E-state index contributed by atoms with van der Waals surface area (Å²) in [6.07, 6.45) is 5.03. The molecule has 0 aliphatic heterocycles. The summed E-state index contributed by atoms with van der Waals surface area (Å²) >= 11 is 1.50. The zero-order valence-electron chi connectivity index (χ0n) is 9.80. The van der Waals surface area contributed by atoms with Crippen molar-refractivity contribution in [1.29, 1.82) is 0 Å². The number of benzene rings is 1. The number of hydrogen-bond acceptors (Lipinski definition) is 3. The molecule has 18 heavy (non-hydrogen) atoms. The van der Waals surface area contributed by atoms with Gasteiger partial charge in [0.1, 0.15) is 0 Å². The number of para-hydroxylation sites is 1. The lowest BCUT2D eigenvalue weighted by Gasteiger charge is -1.98. The number of hydrogen-bond donors (Lipinski definition) is 2. The Labute approximate surface area is 108 Å². The highest BCUT2D eigenvalue weighted by atomic mass is 32.1. The molecule has 0 radical (unpaired) electrons. The van der Waals surface area contributed by atoms with Crippen molar-refractivity contribution in [3.63, 3.8) is 0 Å². The number of carbonyl (C=O) groups is 1. The first-order valence-corrected chi connectivity index (χ1v) is 6.09. The van der Waals surface area contributed by atoms with Crippen molar-refractivity contribution < 1.29 is 4.79 Å². The molecule has 0 unspecified atom stereocenters. The van der Waals surface area contributed by atoms with Crippen molar-refractivity contribution in [3.05, 3.63) is 29.1 Å². The number of terminal acetylenes is 1. The first-order valence-electron chi connectivity index (χ1n) is 5.28. The van der Waals surface area contributed by atoms with Crippen LogP contribution >= 0.6 is 11.3 Å². The summed E-state index contributed by atoms with van der Waals surface area (Å²) in [5.74, 6) is 2.31. The summed E-state index contributed by atoms with van der Waals surface area (Å²) in [4.78, 5) is 12.0. The van der Waals surface area contributed by atoms with Gasteiger partial charge in [0.15, 0.2) is 0 Å². The maximum Gasteiger partial charge on any atom is 0.336 e. The topological polar surface area (TPSA) is 58.4 Å². The van der Waals surface area contributed by atoms with Crippen LogP contribution in [0.1, 0.15) is 0 Å². The second kappa shape index (κ2) is 5.38. The number of carbonyl (C=O) groups excluding carboxylic acids is 1. The standard InChI is InChI=1S/C12H12N4OS/c1-3-8-13-11(17)14-15-12-16(2)9-6-4-5-7-10(9)18-12/h1,4-7H,8H2,2H3,(H2,13,14,17)/b15-12+. The van der Waals surface area contributed by atoms with Gasteiger partial charge in [-0.05, 0) is 12.1 Å². The van der Waals surface area contributed by atoms with Gasteiger partial charge in [-0.3, -0.25) is 0 Å². The summed E-state index contributed by atoms with van der Waals surface area (Å²) in [5.41, 5.74) is 3.48. The van der Waals surface area contributed by atoms with Crippen molar-refractivity contribution in [3.8, 4) is 12.3 Å². The van der Waals surface area contributed by atoms with E-state index in [2.05, 4.69) is 21.8 Å². The molecule has 0 saturated heterocycles. The van der Waals surface area contributed by atoms with Crippen molar-refractivity contribution in [2.24, 2.45) is 12.1 Å². The molecule has 92 valence electrons. The van der Waals surface area contributed by atoms with Gasteiger partial charge in [0.05, 0.1) is 16.8 Å². The molecule has 0 fully saturated rings. The number of urea groups is 1. The van der Waals surface area contributed by atoms with Crippen LogP contribution < -0.4 is 15.5 Å². The molecule has 2 N–H and O–H groups in total. The zero-order valence-corrected chi connectivity index (χ0v) is 10.6. The van der Waals surface area contributed by atoms with Crippen LogP contribution in [-0.4, -0.2) is 17.1 Å². The molecule has 1 heterocycles. The van der Waals surface area contributed by atoms with E-state index in [9.17, 15) is 4.79 Å². The summed E-state index contributed by atoms with van der Waals surface area (Å²) in [6.45, 7) is 0.180. The number of aromatic nitrogens is 1. The van der Waals surface area contributed by atoms with E-state index in [1.807, 2.05) is 35.9 Å². The monoisotopic (exact) mass is 260 g/mol. The predicted molar refractivity (Wildman–Crippen MR) is 71.7 cm³/mol. The lowest BCUT2D eigenvalue weighted by Crippen LogP contribution is -2.34. The minimum absolute atomic E-state index is 0.180. The number of nitrogens with zero attached hydrogens (tertiary/aromatic N) is 2. The van der Waals surface area contributed by atoms with Gasteiger partial charge in [-0.15, -0.1) is 11.5 Å².